The Balaban J connectivity index is 1.90. The molecular weight excluding hydrogens is 462 g/mol. The van der Waals surface area contributed by atoms with Crippen LogP contribution in [0, 0.1) is 17.1 Å². The zero-order chi connectivity index (χ0) is 25.0. The Hall–Kier alpha value is -4.45. The minimum absolute atomic E-state index is 0.0512. The molecule has 0 radical (unpaired) electrons. The number of hydrogen-bond donors (Lipinski definition) is 0. The van der Waals surface area contributed by atoms with Gasteiger partial charge in [0.2, 0.25) is 0 Å². The van der Waals surface area contributed by atoms with Crippen LogP contribution in [0.1, 0.15) is 16.8 Å². The number of aromatic nitrogens is 2. The van der Waals surface area contributed by atoms with Crippen molar-refractivity contribution in [2.24, 2.45) is 0 Å². The Bertz CT molecular complexity index is 1360. The number of rotatable bonds is 6. The Morgan fingerprint density at radius 1 is 0.857 bits per heavy atom. The first-order valence-electron chi connectivity index (χ1n) is 10.3. The second kappa shape index (κ2) is 9.81. The van der Waals surface area contributed by atoms with Crippen LogP contribution in [0.2, 0.25) is 0 Å². The monoisotopic (exact) mass is 479 g/mol. The van der Waals surface area contributed by atoms with E-state index in [1.54, 1.807) is 36.4 Å². The molecule has 176 valence electrons. The van der Waals surface area contributed by atoms with Crippen molar-refractivity contribution in [1.82, 2.24) is 10.2 Å². The van der Waals surface area contributed by atoms with Gasteiger partial charge in [-0.3, -0.25) is 0 Å². The number of benzene rings is 3. The lowest BCUT2D eigenvalue weighted by Crippen LogP contribution is -2.14. The second-order valence-electron chi connectivity index (χ2n) is 7.43. The number of hydrogen-bond acceptors (Lipinski definition) is 5. The molecule has 0 aliphatic carbocycles. The fraction of sp³-hybridized carbons (Fsp3) is 0.115. The van der Waals surface area contributed by atoms with E-state index in [0.29, 0.717) is 22.4 Å². The highest BCUT2D eigenvalue weighted by molar-refractivity contribution is 5.81. The molecule has 5 nitrogen and oxygen atoms in total. The Morgan fingerprint density at radius 3 is 2.06 bits per heavy atom. The van der Waals surface area contributed by atoms with Crippen LogP contribution in [0.3, 0.4) is 0 Å². The summed E-state index contributed by atoms with van der Waals surface area (Å²) in [5, 5.41) is 16.4. The fourth-order valence-corrected chi connectivity index (χ4v) is 3.41. The Kier molecular flexibility index (Phi) is 6.64. The van der Waals surface area contributed by atoms with E-state index in [4.69, 9.17) is 14.7 Å². The van der Waals surface area contributed by atoms with E-state index in [2.05, 4.69) is 10.2 Å². The van der Waals surface area contributed by atoms with Crippen LogP contribution >= 0.6 is 0 Å². The molecule has 35 heavy (non-hydrogen) atoms. The highest BCUT2D eigenvalue weighted by atomic mass is 19.4. The van der Waals surface area contributed by atoms with E-state index >= 15 is 0 Å². The summed E-state index contributed by atoms with van der Waals surface area (Å²) in [4.78, 5) is 0. The first kappa shape index (κ1) is 23.7. The highest BCUT2D eigenvalue weighted by Crippen LogP contribution is 2.44. The average Bonchev–Trinajstić information content (AvgIpc) is 2.87. The summed E-state index contributed by atoms with van der Waals surface area (Å²) in [6.07, 6.45) is -4.85. The maximum Gasteiger partial charge on any atom is 0.435 e. The molecule has 0 bridgehead atoms. The normalized spacial score (nSPS) is 11.1. The third kappa shape index (κ3) is 5.22. The van der Waals surface area contributed by atoms with E-state index < -0.39 is 17.7 Å². The number of nitriles is 1. The SMILES string of the molecule is COc1ccc(COc2c(-c3ccc(C#N)cc3)nnc(C(F)(F)F)c2-c2ccc(F)cc2)cc1. The minimum atomic E-state index is -4.85. The van der Waals surface area contributed by atoms with Gasteiger partial charge in [-0.1, -0.05) is 36.4 Å². The van der Waals surface area contributed by atoms with Gasteiger partial charge in [0.1, 0.15) is 23.9 Å². The van der Waals surface area contributed by atoms with Gasteiger partial charge in [-0.15, -0.1) is 10.2 Å². The molecule has 4 aromatic rings. The number of halogens is 4. The van der Waals surface area contributed by atoms with Crippen molar-refractivity contribution < 1.29 is 27.0 Å². The Morgan fingerprint density at radius 2 is 1.49 bits per heavy atom. The molecule has 0 spiro atoms. The maximum atomic E-state index is 14.0. The van der Waals surface area contributed by atoms with Crippen molar-refractivity contribution in [1.29, 1.82) is 5.26 Å². The largest absolute Gasteiger partial charge is 0.497 e. The molecule has 9 heteroatoms. The number of alkyl halides is 3. The van der Waals surface area contributed by atoms with Crippen molar-refractivity contribution in [2.45, 2.75) is 12.8 Å². The molecule has 0 aliphatic rings. The van der Waals surface area contributed by atoms with Gasteiger partial charge in [0.15, 0.2) is 11.4 Å². The van der Waals surface area contributed by atoms with Gasteiger partial charge in [0, 0.05) is 5.56 Å². The molecule has 0 unspecified atom stereocenters. The smallest absolute Gasteiger partial charge is 0.435 e. The molecular formula is C26H17F4N3O2. The molecule has 0 amide bonds. The summed E-state index contributed by atoms with van der Waals surface area (Å²) in [5.74, 6) is -0.152. The average molecular weight is 479 g/mol. The quantitative estimate of drug-likeness (QED) is 0.298. The van der Waals surface area contributed by atoms with Gasteiger partial charge >= 0.3 is 6.18 Å². The van der Waals surface area contributed by atoms with Gasteiger partial charge in [0.05, 0.1) is 24.3 Å². The molecule has 0 saturated carbocycles. The zero-order valence-corrected chi connectivity index (χ0v) is 18.3. The van der Waals surface area contributed by atoms with Crippen LogP contribution in [0.5, 0.6) is 11.5 Å². The van der Waals surface area contributed by atoms with E-state index in [1.807, 2.05) is 6.07 Å². The highest BCUT2D eigenvalue weighted by Gasteiger charge is 2.39. The van der Waals surface area contributed by atoms with Gasteiger partial charge < -0.3 is 9.47 Å². The summed E-state index contributed by atoms with van der Waals surface area (Å²) >= 11 is 0. The predicted octanol–water partition coefficient (Wildman–Crippen LogP) is 6.43. The lowest BCUT2D eigenvalue weighted by Gasteiger charge is -2.19. The van der Waals surface area contributed by atoms with Crippen molar-refractivity contribution in [3.63, 3.8) is 0 Å². The van der Waals surface area contributed by atoms with E-state index in [1.165, 1.54) is 31.4 Å². The fourth-order valence-electron chi connectivity index (χ4n) is 3.41. The molecule has 0 saturated heterocycles. The topological polar surface area (TPSA) is 68.0 Å². The Labute approximate surface area is 198 Å². The first-order chi connectivity index (χ1) is 16.8. The summed E-state index contributed by atoms with van der Waals surface area (Å²) in [6.45, 7) is -0.0789. The van der Waals surface area contributed by atoms with Gasteiger partial charge in [-0.25, -0.2) is 4.39 Å². The number of methoxy groups -OCH3 is 1. The molecule has 4 rings (SSSR count). The van der Waals surface area contributed by atoms with E-state index in [-0.39, 0.29) is 29.2 Å². The van der Waals surface area contributed by atoms with Crippen LogP contribution in [0.25, 0.3) is 22.4 Å². The predicted molar refractivity (Wildman–Crippen MR) is 120 cm³/mol. The van der Waals surface area contributed by atoms with Crippen molar-refractivity contribution >= 4 is 0 Å². The molecule has 3 aromatic carbocycles. The van der Waals surface area contributed by atoms with E-state index in [9.17, 15) is 17.6 Å². The summed E-state index contributed by atoms with van der Waals surface area (Å²) < 4.78 is 66.6. The van der Waals surface area contributed by atoms with Crippen molar-refractivity contribution in [3.05, 3.63) is 95.4 Å². The van der Waals surface area contributed by atoms with Crippen LogP contribution in [0.15, 0.2) is 72.8 Å². The molecule has 0 fully saturated rings. The maximum absolute atomic E-state index is 14.0. The minimum Gasteiger partial charge on any atom is -0.497 e. The van der Waals surface area contributed by atoms with Crippen LogP contribution in [-0.4, -0.2) is 17.3 Å². The molecule has 0 atom stereocenters. The summed E-state index contributed by atoms with van der Waals surface area (Å²) in [5.41, 5.74) is -0.0615. The number of ether oxygens (including phenoxy) is 2. The van der Waals surface area contributed by atoms with Gasteiger partial charge in [-0.05, 0) is 47.5 Å². The third-order valence-electron chi connectivity index (χ3n) is 5.16. The van der Waals surface area contributed by atoms with Crippen molar-refractivity contribution in [2.75, 3.05) is 7.11 Å². The third-order valence-corrected chi connectivity index (χ3v) is 5.16. The molecule has 0 N–H and O–H groups in total. The van der Waals surface area contributed by atoms with Gasteiger partial charge in [0.25, 0.3) is 0 Å². The molecule has 0 aliphatic heterocycles. The van der Waals surface area contributed by atoms with Gasteiger partial charge in [-0.2, -0.15) is 18.4 Å². The van der Waals surface area contributed by atoms with Crippen LogP contribution in [-0.2, 0) is 12.8 Å². The lowest BCUT2D eigenvalue weighted by atomic mass is 9.99. The second-order valence-corrected chi connectivity index (χ2v) is 7.43. The van der Waals surface area contributed by atoms with Crippen LogP contribution in [0.4, 0.5) is 17.6 Å². The molecule has 1 heterocycles. The summed E-state index contributed by atoms with van der Waals surface area (Å²) in [7, 11) is 1.52. The van der Waals surface area contributed by atoms with Crippen molar-refractivity contribution in [3.8, 4) is 40.0 Å². The summed E-state index contributed by atoms with van der Waals surface area (Å²) in [6, 6.07) is 19.5. The standard InChI is InChI=1S/C26H17F4N3O2/c1-34-21-12-4-17(5-13-21)15-35-24-22(18-8-10-20(27)11-9-18)25(26(28,29)30)33-32-23(24)19-6-2-16(14-31)3-7-19/h2-13H,15H2,1H3. The zero-order valence-electron chi connectivity index (χ0n) is 18.3. The number of nitrogens with zero attached hydrogens (tertiary/aromatic N) is 3. The molecule has 1 aromatic heterocycles. The van der Waals surface area contributed by atoms with E-state index in [0.717, 1.165) is 12.1 Å². The first-order valence-corrected chi connectivity index (χ1v) is 10.3. The lowest BCUT2D eigenvalue weighted by molar-refractivity contribution is -0.141. The van der Waals surface area contributed by atoms with Crippen LogP contribution < -0.4 is 9.47 Å².